The largest absolute Gasteiger partial charge is 0.326 e. The van der Waals surface area contributed by atoms with Crippen LogP contribution in [0.1, 0.15) is 43.2 Å². The summed E-state index contributed by atoms with van der Waals surface area (Å²) in [5.74, 6) is -0.856. The van der Waals surface area contributed by atoms with E-state index in [9.17, 15) is 9.59 Å². The minimum absolute atomic E-state index is 0.00121. The van der Waals surface area contributed by atoms with Gasteiger partial charge in [-0.2, -0.15) is 0 Å². The van der Waals surface area contributed by atoms with Crippen LogP contribution >= 0.6 is 46.4 Å². The van der Waals surface area contributed by atoms with Crippen molar-refractivity contribution in [2.24, 2.45) is 11.8 Å². The first-order valence-corrected chi connectivity index (χ1v) is 11.8. The molecule has 0 bridgehead atoms. The average Bonchev–Trinajstić information content (AvgIpc) is 3.57. The van der Waals surface area contributed by atoms with Gasteiger partial charge in [0.15, 0.2) is 0 Å². The van der Waals surface area contributed by atoms with Gasteiger partial charge in [0.05, 0.1) is 5.92 Å². The Morgan fingerprint density at radius 1 is 1.03 bits per heavy atom. The number of alkyl halides is 2. The van der Waals surface area contributed by atoms with Crippen LogP contribution in [0.4, 0.5) is 11.4 Å². The van der Waals surface area contributed by atoms with Gasteiger partial charge in [0.1, 0.15) is 4.33 Å². The van der Waals surface area contributed by atoms with Crippen molar-refractivity contribution in [2.45, 2.75) is 42.9 Å². The van der Waals surface area contributed by atoms with E-state index in [0.717, 1.165) is 24.0 Å². The summed E-state index contributed by atoms with van der Waals surface area (Å²) < 4.78 is -1.25. The number of amides is 2. The third-order valence-corrected chi connectivity index (χ3v) is 7.19. The molecule has 2 N–H and O–H groups in total. The van der Waals surface area contributed by atoms with Crippen LogP contribution in [0.5, 0.6) is 0 Å². The van der Waals surface area contributed by atoms with E-state index in [1.54, 1.807) is 24.3 Å². The molecule has 0 saturated heterocycles. The highest BCUT2D eigenvalue weighted by Crippen LogP contribution is 2.65. The molecule has 0 radical (unpaired) electrons. The zero-order valence-electron chi connectivity index (χ0n) is 16.9. The molecule has 0 aromatic heterocycles. The van der Waals surface area contributed by atoms with Gasteiger partial charge in [-0.05, 0) is 66.6 Å². The zero-order chi connectivity index (χ0) is 22.3. The first kappa shape index (κ1) is 22.7. The molecule has 4 rings (SSSR count). The monoisotopic (exact) mass is 498 g/mol. The van der Waals surface area contributed by atoms with Crippen LogP contribution < -0.4 is 10.6 Å². The smallest absolute Gasteiger partial charge is 0.231 e. The summed E-state index contributed by atoms with van der Waals surface area (Å²) in [7, 11) is 0. The Labute approximate surface area is 201 Å². The molecule has 2 fully saturated rings. The standard InChI is InChI=1S/C23H22Cl4N2O2/c1-2-16-17(28-19(30)8-12-6-7-12)4-3-5-18(16)29-22(31)21-20(23(21,26)27)13-9-14(24)11-15(25)10-13/h3-5,9-12,20-21H,2,6-8H2,1H3,(H,28,30)(H,29,31)/t20-,21+/m0/s1. The van der Waals surface area contributed by atoms with E-state index in [1.165, 1.54) is 0 Å². The lowest BCUT2D eigenvalue weighted by molar-refractivity contribution is -0.117. The van der Waals surface area contributed by atoms with Crippen molar-refractivity contribution in [1.29, 1.82) is 0 Å². The maximum absolute atomic E-state index is 13.1. The Morgan fingerprint density at radius 2 is 1.65 bits per heavy atom. The van der Waals surface area contributed by atoms with E-state index in [2.05, 4.69) is 10.6 Å². The van der Waals surface area contributed by atoms with E-state index in [4.69, 9.17) is 46.4 Å². The van der Waals surface area contributed by atoms with E-state index >= 15 is 0 Å². The second-order valence-corrected chi connectivity index (χ2v) is 10.5. The molecule has 4 nitrogen and oxygen atoms in total. The number of carbonyl (C=O) groups is 2. The fourth-order valence-corrected chi connectivity index (χ4v) is 5.39. The van der Waals surface area contributed by atoms with Crippen LogP contribution in [0.3, 0.4) is 0 Å². The highest BCUT2D eigenvalue weighted by molar-refractivity contribution is 6.53. The summed E-state index contributed by atoms with van der Waals surface area (Å²) in [5, 5.41) is 6.85. The quantitative estimate of drug-likeness (QED) is 0.410. The van der Waals surface area contributed by atoms with Gasteiger partial charge in [-0.1, -0.05) is 36.2 Å². The molecule has 164 valence electrons. The molecule has 0 heterocycles. The Bertz CT molecular complexity index is 1020. The van der Waals surface area contributed by atoms with E-state index < -0.39 is 16.2 Å². The number of hydrogen-bond acceptors (Lipinski definition) is 2. The Hall–Kier alpha value is -1.46. The fraction of sp³-hybridized carbons (Fsp3) is 0.391. The van der Waals surface area contributed by atoms with E-state index in [-0.39, 0.29) is 11.8 Å². The normalized spacial score (nSPS) is 21.5. The second kappa shape index (κ2) is 8.82. The number of nitrogens with one attached hydrogen (secondary N) is 2. The molecule has 0 aliphatic heterocycles. The SMILES string of the molecule is CCc1c(NC(=O)CC2CC2)cccc1NC(=O)[C@H]1[C@H](c2cc(Cl)cc(Cl)c2)C1(Cl)Cl. The number of halogens is 4. The summed E-state index contributed by atoms with van der Waals surface area (Å²) in [6.45, 7) is 1.98. The second-order valence-electron chi connectivity index (χ2n) is 8.20. The van der Waals surface area contributed by atoms with Crippen LogP contribution in [0.15, 0.2) is 36.4 Å². The molecule has 0 spiro atoms. The van der Waals surface area contributed by atoms with Crippen molar-refractivity contribution in [3.63, 3.8) is 0 Å². The molecule has 2 aliphatic rings. The molecule has 2 aromatic rings. The van der Waals surface area contributed by atoms with Crippen molar-refractivity contribution < 1.29 is 9.59 Å². The highest BCUT2D eigenvalue weighted by Gasteiger charge is 2.67. The lowest BCUT2D eigenvalue weighted by Gasteiger charge is -2.15. The van der Waals surface area contributed by atoms with Crippen LogP contribution in [0.25, 0.3) is 0 Å². The van der Waals surface area contributed by atoms with Gasteiger partial charge >= 0.3 is 0 Å². The van der Waals surface area contributed by atoms with Crippen molar-refractivity contribution in [3.8, 4) is 0 Å². The summed E-state index contributed by atoms with van der Waals surface area (Å²) in [6, 6.07) is 10.5. The van der Waals surface area contributed by atoms with Gasteiger partial charge in [0.2, 0.25) is 11.8 Å². The van der Waals surface area contributed by atoms with Crippen LogP contribution in [0, 0.1) is 11.8 Å². The average molecular weight is 500 g/mol. The Morgan fingerprint density at radius 3 is 2.23 bits per heavy atom. The van der Waals surface area contributed by atoms with Crippen LogP contribution in [-0.2, 0) is 16.0 Å². The third kappa shape index (κ3) is 4.98. The van der Waals surface area contributed by atoms with E-state index in [0.29, 0.717) is 40.2 Å². The minimum Gasteiger partial charge on any atom is -0.326 e. The highest BCUT2D eigenvalue weighted by atomic mass is 35.5. The third-order valence-electron chi connectivity index (χ3n) is 5.81. The lowest BCUT2D eigenvalue weighted by atomic mass is 10.1. The van der Waals surface area contributed by atoms with Gasteiger partial charge in [-0.25, -0.2) is 0 Å². The number of carbonyl (C=O) groups excluding carboxylic acids is 2. The maximum Gasteiger partial charge on any atom is 0.231 e. The number of benzene rings is 2. The number of anilines is 2. The summed E-state index contributed by atoms with van der Waals surface area (Å²) in [5.41, 5.74) is 2.93. The number of hydrogen-bond donors (Lipinski definition) is 2. The predicted molar refractivity (Wildman–Crippen MR) is 128 cm³/mol. The molecule has 8 heteroatoms. The van der Waals surface area contributed by atoms with Gasteiger partial charge in [0.25, 0.3) is 0 Å². The summed E-state index contributed by atoms with van der Waals surface area (Å²) >= 11 is 25.1. The van der Waals surface area contributed by atoms with Crippen molar-refractivity contribution in [1.82, 2.24) is 0 Å². The Balaban J connectivity index is 1.51. The number of rotatable bonds is 7. The van der Waals surface area contributed by atoms with Crippen LogP contribution in [-0.4, -0.2) is 16.1 Å². The molecule has 2 saturated carbocycles. The molecule has 2 atom stereocenters. The first-order valence-electron chi connectivity index (χ1n) is 10.3. The molecule has 2 amide bonds. The maximum atomic E-state index is 13.1. The zero-order valence-corrected chi connectivity index (χ0v) is 19.9. The minimum atomic E-state index is -1.25. The lowest BCUT2D eigenvalue weighted by Crippen LogP contribution is -2.19. The molecule has 31 heavy (non-hydrogen) atoms. The fourth-order valence-electron chi connectivity index (χ4n) is 4.02. The molecule has 2 aliphatic carbocycles. The van der Waals surface area contributed by atoms with Gasteiger partial charge in [0, 0.05) is 33.8 Å². The first-order chi connectivity index (χ1) is 14.7. The van der Waals surface area contributed by atoms with Crippen molar-refractivity contribution >= 4 is 69.6 Å². The Kier molecular flexibility index (Phi) is 6.47. The molecule has 0 unspecified atom stereocenters. The van der Waals surface area contributed by atoms with Crippen LogP contribution in [0.2, 0.25) is 10.0 Å². The van der Waals surface area contributed by atoms with Gasteiger partial charge in [-0.3, -0.25) is 9.59 Å². The predicted octanol–water partition coefficient (Wildman–Crippen LogP) is 6.82. The van der Waals surface area contributed by atoms with E-state index in [1.807, 2.05) is 19.1 Å². The van der Waals surface area contributed by atoms with Gasteiger partial charge < -0.3 is 10.6 Å². The summed E-state index contributed by atoms with van der Waals surface area (Å²) in [6.07, 6.45) is 3.40. The molecule has 2 aromatic carbocycles. The molecular weight excluding hydrogens is 478 g/mol. The summed E-state index contributed by atoms with van der Waals surface area (Å²) in [4.78, 5) is 25.3. The topological polar surface area (TPSA) is 58.2 Å². The van der Waals surface area contributed by atoms with Gasteiger partial charge in [-0.15, -0.1) is 23.2 Å². The van der Waals surface area contributed by atoms with Crippen molar-refractivity contribution in [2.75, 3.05) is 10.6 Å². The van der Waals surface area contributed by atoms with Crippen molar-refractivity contribution in [3.05, 3.63) is 57.6 Å². The molecular formula is C23H22Cl4N2O2.